The molecule has 26 heavy (non-hydrogen) atoms. The van der Waals surface area contributed by atoms with Crippen LogP contribution in [0.15, 0.2) is 24.3 Å². The molecule has 0 N–H and O–H groups in total. The molecule has 4 nitrogen and oxygen atoms in total. The van der Waals surface area contributed by atoms with E-state index in [-0.39, 0.29) is 11.9 Å². The molecular formula is C22H38O4. The van der Waals surface area contributed by atoms with Crippen molar-refractivity contribution in [1.82, 2.24) is 0 Å². The summed E-state index contributed by atoms with van der Waals surface area (Å²) in [4.78, 5) is 23.0. The van der Waals surface area contributed by atoms with Crippen molar-refractivity contribution >= 4 is 11.9 Å². The highest BCUT2D eigenvalue weighted by Gasteiger charge is 1.98. The second-order valence-electron chi connectivity index (χ2n) is 6.59. The van der Waals surface area contributed by atoms with Gasteiger partial charge >= 0.3 is 11.9 Å². The number of rotatable bonds is 17. The van der Waals surface area contributed by atoms with Crippen LogP contribution in [0.5, 0.6) is 0 Å². The van der Waals surface area contributed by atoms with Gasteiger partial charge in [0.25, 0.3) is 0 Å². The van der Waals surface area contributed by atoms with E-state index in [9.17, 15) is 9.59 Å². The molecule has 0 saturated carbocycles. The van der Waals surface area contributed by atoms with Gasteiger partial charge in [-0.1, -0.05) is 90.2 Å². The summed E-state index contributed by atoms with van der Waals surface area (Å²) in [5, 5.41) is 0. The van der Waals surface area contributed by atoms with E-state index in [0.29, 0.717) is 13.2 Å². The minimum Gasteiger partial charge on any atom is -0.463 e. The number of hydrogen-bond donors (Lipinski definition) is 0. The van der Waals surface area contributed by atoms with Crippen LogP contribution in [0, 0.1) is 0 Å². The Labute approximate surface area is 160 Å². The zero-order chi connectivity index (χ0) is 19.3. The average molecular weight is 367 g/mol. The molecule has 0 aromatic heterocycles. The third-order valence-electron chi connectivity index (χ3n) is 4.06. The van der Waals surface area contributed by atoms with Crippen LogP contribution in [0.2, 0.25) is 0 Å². The number of carbonyl (C=O) groups is 2. The van der Waals surface area contributed by atoms with Crippen molar-refractivity contribution in [3.05, 3.63) is 24.3 Å². The van der Waals surface area contributed by atoms with E-state index in [2.05, 4.69) is 13.8 Å². The smallest absolute Gasteiger partial charge is 0.330 e. The van der Waals surface area contributed by atoms with Crippen molar-refractivity contribution in [1.29, 1.82) is 0 Å². The highest BCUT2D eigenvalue weighted by Crippen LogP contribution is 2.05. The number of hydrogen-bond acceptors (Lipinski definition) is 4. The first-order chi connectivity index (χ1) is 12.7. The van der Waals surface area contributed by atoms with Crippen LogP contribution in [0.4, 0.5) is 0 Å². The minimum absolute atomic E-state index is 0.372. The van der Waals surface area contributed by atoms with Crippen molar-refractivity contribution in [2.75, 3.05) is 13.2 Å². The zero-order valence-corrected chi connectivity index (χ0v) is 16.8. The summed E-state index contributed by atoms with van der Waals surface area (Å²) >= 11 is 0. The van der Waals surface area contributed by atoms with E-state index in [0.717, 1.165) is 25.7 Å². The maximum Gasteiger partial charge on any atom is 0.330 e. The average Bonchev–Trinajstić information content (AvgIpc) is 2.64. The quantitative estimate of drug-likeness (QED) is 0.139. The first-order valence-electron chi connectivity index (χ1n) is 10.4. The van der Waals surface area contributed by atoms with Gasteiger partial charge in [0.15, 0.2) is 0 Å². The molecule has 0 amide bonds. The lowest BCUT2D eigenvalue weighted by Crippen LogP contribution is -2.03. The van der Waals surface area contributed by atoms with Crippen LogP contribution in [0.25, 0.3) is 0 Å². The Kier molecular flexibility index (Phi) is 18.5. The van der Waals surface area contributed by atoms with Crippen molar-refractivity contribution in [2.45, 2.75) is 90.9 Å². The molecule has 0 spiro atoms. The molecule has 0 unspecified atom stereocenters. The second kappa shape index (κ2) is 19.7. The number of carbonyl (C=O) groups excluding carboxylic acids is 2. The Morgan fingerprint density at radius 2 is 0.923 bits per heavy atom. The summed E-state index contributed by atoms with van der Waals surface area (Å²) in [7, 11) is 0. The van der Waals surface area contributed by atoms with Gasteiger partial charge in [-0.05, 0) is 12.8 Å². The van der Waals surface area contributed by atoms with Crippen LogP contribution >= 0.6 is 0 Å². The summed E-state index contributed by atoms with van der Waals surface area (Å²) in [6.45, 7) is 5.30. The molecule has 0 radical (unpaired) electrons. The van der Waals surface area contributed by atoms with E-state index in [1.807, 2.05) is 0 Å². The number of ether oxygens (including phenoxy) is 2. The molecule has 0 rings (SSSR count). The molecule has 0 aliphatic heterocycles. The van der Waals surface area contributed by atoms with Crippen LogP contribution in [0.1, 0.15) is 90.9 Å². The Bertz CT molecular complexity index is 361. The van der Waals surface area contributed by atoms with E-state index in [4.69, 9.17) is 9.47 Å². The maximum atomic E-state index is 11.5. The second-order valence-corrected chi connectivity index (χ2v) is 6.59. The summed E-state index contributed by atoms with van der Waals surface area (Å²) in [5.74, 6) is -0.743. The molecular weight excluding hydrogens is 328 g/mol. The fourth-order valence-electron chi connectivity index (χ4n) is 2.47. The van der Waals surface area contributed by atoms with Crippen molar-refractivity contribution in [3.8, 4) is 0 Å². The van der Waals surface area contributed by atoms with Crippen LogP contribution in [-0.4, -0.2) is 25.2 Å². The molecule has 0 aliphatic carbocycles. The molecule has 0 aromatic carbocycles. The van der Waals surface area contributed by atoms with Gasteiger partial charge in [-0.3, -0.25) is 0 Å². The molecule has 0 aliphatic rings. The first-order valence-corrected chi connectivity index (χ1v) is 10.4. The molecule has 0 aromatic rings. The lowest BCUT2D eigenvalue weighted by atomic mass is 10.1. The Hall–Kier alpha value is -1.58. The van der Waals surface area contributed by atoms with E-state index < -0.39 is 0 Å². The van der Waals surface area contributed by atoms with Gasteiger partial charge < -0.3 is 9.47 Å². The summed E-state index contributed by atoms with van der Waals surface area (Å²) in [5.41, 5.74) is 0. The number of allylic oxidation sites excluding steroid dienone is 2. The topological polar surface area (TPSA) is 52.6 Å². The highest BCUT2D eigenvalue weighted by atomic mass is 16.5. The van der Waals surface area contributed by atoms with Crippen molar-refractivity contribution < 1.29 is 19.1 Å². The summed E-state index contributed by atoms with van der Waals surface area (Å²) < 4.78 is 10.2. The summed E-state index contributed by atoms with van der Waals surface area (Å²) in [6.07, 6.45) is 19.6. The molecule has 4 heteroatoms. The molecule has 0 bridgehead atoms. The lowest BCUT2D eigenvalue weighted by Gasteiger charge is -2.02. The lowest BCUT2D eigenvalue weighted by molar-refractivity contribution is -0.138. The van der Waals surface area contributed by atoms with Crippen LogP contribution in [0.3, 0.4) is 0 Å². The predicted molar refractivity (Wildman–Crippen MR) is 107 cm³/mol. The normalized spacial score (nSPS) is 11.3. The Morgan fingerprint density at radius 3 is 1.31 bits per heavy atom. The Morgan fingerprint density at radius 1 is 0.577 bits per heavy atom. The largest absolute Gasteiger partial charge is 0.463 e. The van der Waals surface area contributed by atoms with E-state index in [1.54, 1.807) is 0 Å². The predicted octanol–water partition coefficient (Wildman–Crippen LogP) is 5.91. The molecule has 150 valence electrons. The van der Waals surface area contributed by atoms with E-state index in [1.165, 1.54) is 75.7 Å². The maximum absolute atomic E-state index is 11.5. The minimum atomic E-state index is -0.372. The molecule has 0 heterocycles. The van der Waals surface area contributed by atoms with Gasteiger partial charge in [-0.15, -0.1) is 0 Å². The third-order valence-corrected chi connectivity index (χ3v) is 4.06. The summed E-state index contributed by atoms with van der Waals surface area (Å²) in [6, 6.07) is 0. The van der Waals surface area contributed by atoms with Crippen molar-refractivity contribution in [2.24, 2.45) is 0 Å². The van der Waals surface area contributed by atoms with Gasteiger partial charge in [-0.25, -0.2) is 9.59 Å². The van der Waals surface area contributed by atoms with Gasteiger partial charge in [0.05, 0.1) is 13.2 Å². The third kappa shape index (κ3) is 18.8. The SMILES string of the molecule is CCCCCCCCOC(=O)/C=C/C=C/C(=O)OCCCCCCCC. The molecule has 0 atom stereocenters. The van der Waals surface area contributed by atoms with Gasteiger partial charge in [0.1, 0.15) is 0 Å². The standard InChI is InChI=1S/C22H38O4/c1-3-5-7-9-11-15-19-25-21(23)17-13-14-18-22(24)26-20-16-12-10-8-6-4-2/h13-14,17-18H,3-12,15-16,19-20H2,1-2H3/b17-13+,18-14+. The fourth-order valence-corrected chi connectivity index (χ4v) is 2.47. The number of unbranched alkanes of at least 4 members (excludes halogenated alkanes) is 10. The van der Waals surface area contributed by atoms with Crippen LogP contribution < -0.4 is 0 Å². The van der Waals surface area contributed by atoms with Gasteiger partial charge in [0.2, 0.25) is 0 Å². The highest BCUT2D eigenvalue weighted by molar-refractivity contribution is 5.84. The first kappa shape index (κ1) is 24.4. The number of esters is 2. The fraction of sp³-hybridized carbons (Fsp3) is 0.727. The molecule has 0 saturated heterocycles. The van der Waals surface area contributed by atoms with Gasteiger partial charge in [0, 0.05) is 12.2 Å². The monoisotopic (exact) mass is 366 g/mol. The zero-order valence-electron chi connectivity index (χ0n) is 16.8. The van der Waals surface area contributed by atoms with E-state index >= 15 is 0 Å². The van der Waals surface area contributed by atoms with Crippen molar-refractivity contribution in [3.63, 3.8) is 0 Å². The molecule has 0 fully saturated rings. The Balaban J connectivity index is 3.56. The van der Waals surface area contributed by atoms with Crippen LogP contribution in [-0.2, 0) is 19.1 Å². The van der Waals surface area contributed by atoms with Gasteiger partial charge in [-0.2, -0.15) is 0 Å².